The molecule has 1 heterocycles. The van der Waals surface area contributed by atoms with Crippen LogP contribution in [0, 0.1) is 0 Å². The van der Waals surface area contributed by atoms with Crippen molar-refractivity contribution in [1.29, 1.82) is 0 Å². The van der Waals surface area contributed by atoms with Crippen LogP contribution in [0.3, 0.4) is 0 Å². The van der Waals surface area contributed by atoms with Gasteiger partial charge in [-0.3, -0.25) is 0 Å². The second kappa shape index (κ2) is 7.54. The van der Waals surface area contributed by atoms with Crippen LogP contribution >= 0.6 is 39.3 Å². The lowest BCUT2D eigenvalue weighted by atomic mass is 10.5. The van der Waals surface area contributed by atoms with Gasteiger partial charge in [-0.25, -0.2) is 4.98 Å². The lowest BCUT2D eigenvalue weighted by Crippen LogP contribution is -2.25. The maximum Gasteiger partial charge on any atom is 0.115 e. The Kier molecular flexibility index (Phi) is 6.73. The molecule has 0 N–H and O–H groups in total. The molecule has 0 aliphatic carbocycles. The third kappa shape index (κ3) is 4.62. The molecule has 0 atom stereocenters. The molecule has 0 aliphatic rings. The van der Waals surface area contributed by atoms with Gasteiger partial charge in [0, 0.05) is 23.0 Å². The summed E-state index contributed by atoms with van der Waals surface area (Å²) in [5.41, 5.74) is 0. The van der Waals surface area contributed by atoms with Crippen LogP contribution in [0.4, 0.5) is 0 Å². The summed E-state index contributed by atoms with van der Waals surface area (Å²) >= 11 is 11.1. The number of thioether (sulfide) groups is 1. The van der Waals surface area contributed by atoms with Crippen molar-refractivity contribution in [2.75, 3.05) is 25.4 Å². The van der Waals surface area contributed by atoms with Crippen molar-refractivity contribution < 1.29 is 0 Å². The third-order valence-corrected chi connectivity index (χ3v) is 4.13. The average Bonchev–Trinajstić information content (AvgIpc) is 2.27. The molecule has 1 aromatic heterocycles. The summed E-state index contributed by atoms with van der Waals surface area (Å²) < 4.78 is 0.922. The molecule has 1 rings (SSSR count). The second-order valence-corrected chi connectivity index (χ2v) is 5.72. The lowest BCUT2D eigenvalue weighted by molar-refractivity contribution is 0.324. The van der Waals surface area contributed by atoms with Crippen molar-refractivity contribution in [3.8, 4) is 0 Å². The molecule has 0 bridgehead atoms. The summed E-state index contributed by atoms with van der Waals surface area (Å²) in [5.74, 6) is 1.02. The molecule has 0 saturated heterocycles. The standard InChI is InChI=1S/C11H16BrClN2S/c1-3-15(4-2)5-6-16-11-10(13)7-9(12)8-14-11/h7-8H,3-6H2,1-2H3. The van der Waals surface area contributed by atoms with E-state index in [1.54, 1.807) is 18.0 Å². The summed E-state index contributed by atoms with van der Waals surface area (Å²) in [4.78, 5) is 6.68. The van der Waals surface area contributed by atoms with E-state index in [1.807, 2.05) is 6.07 Å². The van der Waals surface area contributed by atoms with Gasteiger partial charge in [-0.15, -0.1) is 11.8 Å². The van der Waals surface area contributed by atoms with E-state index in [4.69, 9.17) is 11.6 Å². The smallest absolute Gasteiger partial charge is 0.115 e. The number of hydrogen-bond donors (Lipinski definition) is 0. The molecular formula is C11H16BrClN2S. The van der Waals surface area contributed by atoms with Crippen molar-refractivity contribution in [3.05, 3.63) is 21.8 Å². The fraction of sp³-hybridized carbons (Fsp3) is 0.545. The largest absolute Gasteiger partial charge is 0.303 e. The Morgan fingerprint density at radius 2 is 2.12 bits per heavy atom. The Morgan fingerprint density at radius 3 is 2.69 bits per heavy atom. The lowest BCUT2D eigenvalue weighted by Gasteiger charge is -2.17. The Labute approximate surface area is 115 Å². The van der Waals surface area contributed by atoms with Crippen molar-refractivity contribution in [3.63, 3.8) is 0 Å². The number of nitrogens with zero attached hydrogens (tertiary/aromatic N) is 2. The molecular weight excluding hydrogens is 308 g/mol. The van der Waals surface area contributed by atoms with E-state index in [2.05, 4.69) is 39.7 Å². The van der Waals surface area contributed by atoms with Gasteiger partial charge in [0.1, 0.15) is 5.03 Å². The van der Waals surface area contributed by atoms with E-state index >= 15 is 0 Å². The van der Waals surface area contributed by atoms with Gasteiger partial charge in [-0.1, -0.05) is 25.4 Å². The minimum atomic E-state index is 0.721. The zero-order chi connectivity index (χ0) is 12.0. The Morgan fingerprint density at radius 1 is 1.44 bits per heavy atom. The van der Waals surface area contributed by atoms with Crippen LogP contribution in [0.25, 0.3) is 0 Å². The van der Waals surface area contributed by atoms with E-state index in [0.29, 0.717) is 0 Å². The molecule has 0 unspecified atom stereocenters. The molecule has 0 aliphatic heterocycles. The minimum Gasteiger partial charge on any atom is -0.303 e. The fourth-order valence-electron chi connectivity index (χ4n) is 1.32. The number of rotatable bonds is 6. The van der Waals surface area contributed by atoms with Crippen LogP contribution in [0.5, 0.6) is 0 Å². The zero-order valence-electron chi connectivity index (χ0n) is 9.54. The zero-order valence-corrected chi connectivity index (χ0v) is 12.7. The molecule has 0 amide bonds. The normalized spacial score (nSPS) is 11.1. The highest BCUT2D eigenvalue weighted by Crippen LogP contribution is 2.27. The van der Waals surface area contributed by atoms with E-state index in [1.165, 1.54) is 0 Å². The third-order valence-electron chi connectivity index (χ3n) is 2.31. The van der Waals surface area contributed by atoms with Crippen LogP contribution in [-0.4, -0.2) is 35.3 Å². The van der Waals surface area contributed by atoms with E-state index in [0.717, 1.165) is 39.9 Å². The van der Waals surface area contributed by atoms with Gasteiger partial charge in [-0.05, 0) is 35.1 Å². The van der Waals surface area contributed by atoms with Gasteiger partial charge >= 0.3 is 0 Å². The van der Waals surface area contributed by atoms with Crippen LogP contribution in [-0.2, 0) is 0 Å². The summed E-state index contributed by atoms with van der Waals surface area (Å²) in [5, 5.41) is 1.64. The highest BCUT2D eigenvalue weighted by molar-refractivity contribution is 9.10. The van der Waals surface area contributed by atoms with Crippen molar-refractivity contribution in [2.45, 2.75) is 18.9 Å². The highest BCUT2D eigenvalue weighted by atomic mass is 79.9. The summed E-state index contributed by atoms with van der Waals surface area (Å²) in [6, 6.07) is 1.88. The first-order chi connectivity index (χ1) is 7.67. The molecule has 0 aromatic carbocycles. The predicted molar refractivity (Wildman–Crippen MR) is 75.5 cm³/mol. The Bertz CT molecular complexity index is 332. The highest BCUT2D eigenvalue weighted by Gasteiger charge is 2.05. The maximum absolute atomic E-state index is 6.09. The van der Waals surface area contributed by atoms with E-state index < -0.39 is 0 Å². The molecule has 1 aromatic rings. The molecule has 0 saturated carbocycles. The van der Waals surface area contributed by atoms with Crippen molar-refractivity contribution >= 4 is 39.3 Å². The quantitative estimate of drug-likeness (QED) is 0.738. The van der Waals surface area contributed by atoms with Gasteiger partial charge in [0.2, 0.25) is 0 Å². The first kappa shape index (κ1) is 14.3. The molecule has 0 radical (unpaired) electrons. The monoisotopic (exact) mass is 322 g/mol. The van der Waals surface area contributed by atoms with Gasteiger partial charge in [-0.2, -0.15) is 0 Å². The molecule has 2 nitrogen and oxygen atoms in total. The predicted octanol–water partition coefficient (Wildman–Crippen LogP) is 3.93. The van der Waals surface area contributed by atoms with Gasteiger partial charge in [0.05, 0.1) is 5.02 Å². The van der Waals surface area contributed by atoms with Crippen LogP contribution in [0.1, 0.15) is 13.8 Å². The van der Waals surface area contributed by atoms with Gasteiger partial charge in [0.15, 0.2) is 0 Å². The first-order valence-corrected chi connectivity index (χ1v) is 7.49. The second-order valence-electron chi connectivity index (χ2n) is 3.32. The molecule has 16 heavy (non-hydrogen) atoms. The van der Waals surface area contributed by atoms with E-state index in [9.17, 15) is 0 Å². The first-order valence-electron chi connectivity index (χ1n) is 5.33. The SMILES string of the molecule is CCN(CC)CCSc1ncc(Br)cc1Cl. The molecule has 0 spiro atoms. The summed E-state index contributed by atoms with van der Waals surface area (Å²) in [6.45, 7) is 7.63. The summed E-state index contributed by atoms with van der Waals surface area (Å²) in [7, 11) is 0. The van der Waals surface area contributed by atoms with Gasteiger partial charge < -0.3 is 4.90 Å². The maximum atomic E-state index is 6.09. The Balaban J connectivity index is 2.42. The molecule has 5 heteroatoms. The molecule has 0 fully saturated rings. The van der Waals surface area contributed by atoms with Crippen molar-refractivity contribution in [1.82, 2.24) is 9.88 Å². The number of pyridine rings is 1. The fourth-order valence-corrected chi connectivity index (χ4v) is 2.98. The summed E-state index contributed by atoms with van der Waals surface area (Å²) in [6.07, 6.45) is 1.78. The van der Waals surface area contributed by atoms with E-state index in [-0.39, 0.29) is 0 Å². The van der Waals surface area contributed by atoms with Crippen molar-refractivity contribution in [2.24, 2.45) is 0 Å². The molecule has 90 valence electrons. The minimum absolute atomic E-state index is 0.721. The van der Waals surface area contributed by atoms with Crippen LogP contribution in [0.2, 0.25) is 5.02 Å². The number of aromatic nitrogens is 1. The van der Waals surface area contributed by atoms with Crippen LogP contribution in [0.15, 0.2) is 21.8 Å². The number of halogens is 2. The number of hydrogen-bond acceptors (Lipinski definition) is 3. The van der Waals surface area contributed by atoms with Crippen LogP contribution < -0.4 is 0 Å². The van der Waals surface area contributed by atoms with Gasteiger partial charge in [0.25, 0.3) is 0 Å². The Hall–Kier alpha value is 0.230. The topological polar surface area (TPSA) is 16.1 Å². The average molecular weight is 324 g/mol.